The van der Waals surface area contributed by atoms with Crippen LogP contribution in [0.3, 0.4) is 0 Å². The van der Waals surface area contributed by atoms with Crippen LogP contribution < -0.4 is 10.4 Å². The molecule has 0 saturated carbocycles. The SMILES string of the molecule is C[C@H]1[C@@H](c2cc(C(F)(F)F)cc(C(F)(F)F)c2)OC(=O)N1Cc1nc(N2CC(F)C2)ncc1B1OC(C)(C)C(C)(C)O1. The lowest BCUT2D eigenvalue weighted by Gasteiger charge is -2.34. The number of amides is 1. The van der Waals surface area contributed by atoms with E-state index in [4.69, 9.17) is 14.0 Å². The summed E-state index contributed by atoms with van der Waals surface area (Å²) in [4.78, 5) is 24.6. The van der Waals surface area contributed by atoms with Crippen molar-refractivity contribution < 1.29 is 49.6 Å². The first-order valence-electron chi connectivity index (χ1n) is 13.1. The van der Waals surface area contributed by atoms with E-state index in [1.54, 1.807) is 4.90 Å². The molecule has 4 heterocycles. The average molecular weight is 604 g/mol. The minimum atomic E-state index is -5.06. The number of alkyl halides is 7. The minimum absolute atomic E-state index is 0.0136. The number of rotatable bonds is 5. The first-order valence-corrected chi connectivity index (χ1v) is 13.1. The van der Waals surface area contributed by atoms with E-state index >= 15 is 0 Å². The minimum Gasteiger partial charge on any atom is -0.439 e. The number of ether oxygens (including phenoxy) is 1. The summed E-state index contributed by atoms with van der Waals surface area (Å²) in [6, 6.07) is 0.108. The van der Waals surface area contributed by atoms with E-state index in [0.29, 0.717) is 17.6 Å². The third-order valence-corrected chi connectivity index (χ3v) is 8.16. The lowest BCUT2D eigenvalue weighted by atomic mass is 9.78. The Hall–Kier alpha value is -3.14. The second kappa shape index (κ2) is 9.96. The van der Waals surface area contributed by atoms with Crippen LogP contribution in [-0.2, 0) is 32.9 Å². The Morgan fingerprint density at radius 1 is 0.976 bits per heavy atom. The van der Waals surface area contributed by atoms with Crippen LogP contribution in [0, 0.1) is 0 Å². The van der Waals surface area contributed by atoms with Crippen LogP contribution in [0.25, 0.3) is 0 Å². The van der Waals surface area contributed by atoms with E-state index < -0.39 is 71.8 Å². The van der Waals surface area contributed by atoms with Crippen molar-refractivity contribution in [1.29, 1.82) is 0 Å². The molecule has 1 aromatic carbocycles. The molecule has 42 heavy (non-hydrogen) atoms. The quantitative estimate of drug-likeness (QED) is 0.349. The monoisotopic (exact) mass is 604 g/mol. The summed E-state index contributed by atoms with van der Waals surface area (Å²) in [5.41, 5.74) is -4.36. The highest BCUT2D eigenvalue weighted by Crippen LogP contribution is 2.41. The first-order chi connectivity index (χ1) is 19.3. The number of carbonyl (C=O) groups excluding carboxylic acids is 1. The topological polar surface area (TPSA) is 77.0 Å². The van der Waals surface area contributed by atoms with Crippen LogP contribution in [-0.4, -0.2) is 64.6 Å². The van der Waals surface area contributed by atoms with Crippen LogP contribution in [0.5, 0.6) is 0 Å². The number of halogens is 7. The normalized spacial score (nSPS) is 24.3. The smallest absolute Gasteiger partial charge is 0.439 e. The fraction of sp³-hybridized carbons (Fsp3) is 0.577. The van der Waals surface area contributed by atoms with Crippen molar-refractivity contribution in [2.24, 2.45) is 0 Å². The van der Waals surface area contributed by atoms with Crippen molar-refractivity contribution in [1.82, 2.24) is 14.9 Å². The zero-order valence-corrected chi connectivity index (χ0v) is 23.3. The van der Waals surface area contributed by atoms with E-state index in [0.717, 1.165) is 4.90 Å². The lowest BCUT2D eigenvalue weighted by Crippen LogP contribution is -2.50. The maximum Gasteiger partial charge on any atom is 0.498 e. The van der Waals surface area contributed by atoms with E-state index in [1.165, 1.54) is 13.1 Å². The van der Waals surface area contributed by atoms with Crippen LogP contribution >= 0.6 is 0 Å². The number of anilines is 1. The molecule has 8 nitrogen and oxygen atoms in total. The van der Waals surface area contributed by atoms with Gasteiger partial charge in [-0.25, -0.2) is 19.2 Å². The van der Waals surface area contributed by atoms with Gasteiger partial charge in [0, 0.05) is 11.7 Å². The van der Waals surface area contributed by atoms with Gasteiger partial charge in [-0.1, -0.05) is 0 Å². The first kappa shape index (κ1) is 30.3. The fourth-order valence-corrected chi connectivity index (χ4v) is 4.91. The van der Waals surface area contributed by atoms with Gasteiger partial charge in [-0.2, -0.15) is 26.3 Å². The van der Waals surface area contributed by atoms with Gasteiger partial charge < -0.3 is 18.9 Å². The van der Waals surface area contributed by atoms with Crippen molar-refractivity contribution in [3.05, 3.63) is 46.8 Å². The molecule has 2 atom stereocenters. The van der Waals surface area contributed by atoms with Crippen molar-refractivity contribution in [3.63, 3.8) is 0 Å². The van der Waals surface area contributed by atoms with Gasteiger partial charge in [-0.15, -0.1) is 0 Å². The summed E-state index contributed by atoms with van der Waals surface area (Å²) in [6.07, 6.45) is -12.1. The highest BCUT2D eigenvalue weighted by molar-refractivity contribution is 6.62. The van der Waals surface area contributed by atoms with Crippen molar-refractivity contribution >= 4 is 24.6 Å². The van der Waals surface area contributed by atoms with E-state index in [-0.39, 0.29) is 37.3 Å². The number of nitrogens with zero attached hydrogens (tertiary/aromatic N) is 4. The summed E-state index contributed by atoms with van der Waals surface area (Å²) in [5, 5.41) is 0. The molecule has 0 spiro atoms. The molecule has 1 amide bonds. The number of benzene rings is 1. The second-order valence-corrected chi connectivity index (χ2v) is 11.7. The average Bonchev–Trinajstić information content (AvgIpc) is 3.25. The summed E-state index contributed by atoms with van der Waals surface area (Å²) < 4.78 is 112. The Morgan fingerprint density at radius 3 is 2.02 bits per heavy atom. The summed E-state index contributed by atoms with van der Waals surface area (Å²) in [6.45, 7) is 8.64. The molecule has 1 aromatic heterocycles. The Morgan fingerprint density at radius 2 is 1.52 bits per heavy atom. The van der Waals surface area contributed by atoms with Crippen molar-refractivity contribution in [2.45, 2.75) is 83.0 Å². The molecule has 3 aliphatic rings. The molecular formula is C26H28BF7N4O4. The van der Waals surface area contributed by atoms with E-state index in [1.807, 2.05) is 27.7 Å². The van der Waals surface area contributed by atoms with Gasteiger partial charge >= 0.3 is 25.6 Å². The standard InChI is InChI=1S/C26H28BF7N4O4/c1-13-20(14-6-15(25(29,30)31)8-16(7-14)26(32,33)34)40-22(39)38(13)12-19-18(27-41-23(2,3)24(4,5)42-27)9-35-21(36-19)37-10-17(28)11-37/h6-9,13,17,20H,10-12H2,1-5H3/t13-,20-/m0/s1. The number of cyclic esters (lactones) is 1. The Balaban J connectivity index is 1.48. The molecule has 228 valence electrons. The molecule has 16 heteroatoms. The van der Waals surface area contributed by atoms with Crippen LogP contribution in [0.2, 0.25) is 0 Å². The van der Waals surface area contributed by atoms with Gasteiger partial charge in [-0.05, 0) is 58.4 Å². The highest BCUT2D eigenvalue weighted by Gasteiger charge is 2.53. The van der Waals surface area contributed by atoms with Gasteiger partial charge in [0.1, 0.15) is 12.3 Å². The Labute approximate surface area is 237 Å². The second-order valence-electron chi connectivity index (χ2n) is 11.7. The van der Waals surface area contributed by atoms with Gasteiger partial charge in [0.05, 0.1) is 53.7 Å². The Kier molecular flexibility index (Phi) is 7.19. The number of carbonyl (C=O) groups is 1. The summed E-state index contributed by atoms with van der Waals surface area (Å²) >= 11 is 0. The van der Waals surface area contributed by atoms with E-state index in [2.05, 4.69) is 9.97 Å². The number of hydrogen-bond donors (Lipinski definition) is 0. The third kappa shape index (κ3) is 5.50. The predicted molar refractivity (Wildman–Crippen MR) is 136 cm³/mol. The van der Waals surface area contributed by atoms with Crippen LogP contribution in [0.15, 0.2) is 24.4 Å². The molecular weight excluding hydrogens is 576 g/mol. The van der Waals surface area contributed by atoms with Crippen molar-refractivity contribution in [3.8, 4) is 0 Å². The molecule has 0 aliphatic carbocycles. The third-order valence-electron chi connectivity index (χ3n) is 8.16. The number of aromatic nitrogens is 2. The summed E-state index contributed by atoms with van der Waals surface area (Å²) in [7, 11) is -0.952. The molecule has 2 aromatic rings. The fourth-order valence-electron chi connectivity index (χ4n) is 4.91. The van der Waals surface area contributed by atoms with Gasteiger partial charge in [0.25, 0.3) is 0 Å². The lowest BCUT2D eigenvalue weighted by molar-refractivity contribution is -0.143. The largest absolute Gasteiger partial charge is 0.498 e. The van der Waals surface area contributed by atoms with E-state index in [9.17, 15) is 35.5 Å². The van der Waals surface area contributed by atoms with Crippen LogP contribution in [0.4, 0.5) is 41.5 Å². The molecule has 0 unspecified atom stereocenters. The highest BCUT2D eigenvalue weighted by atomic mass is 19.4. The van der Waals surface area contributed by atoms with Gasteiger partial charge in [0.15, 0.2) is 0 Å². The predicted octanol–water partition coefficient (Wildman–Crippen LogP) is 5.05. The number of hydrogen-bond acceptors (Lipinski definition) is 7. The maximum atomic E-state index is 13.5. The van der Waals surface area contributed by atoms with Crippen molar-refractivity contribution in [2.75, 3.05) is 18.0 Å². The Bertz CT molecular complexity index is 1330. The maximum absolute atomic E-state index is 13.5. The zero-order chi connectivity index (χ0) is 31.0. The molecule has 3 fully saturated rings. The molecule has 3 aliphatic heterocycles. The zero-order valence-electron chi connectivity index (χ0n) is 23.3. The molecule has 5 rings (SSSR count). The molecule has 0 radical (unpaired) electrons. The van der Waals surface area contributed by atoms with Gasteiger partial charge in [0.2, 0.25) is 5.95 Å². The summed E-state index contributed by atoms with van der Waals surface area (Å²) in [5.74, 6) is 0.184. The van der Waals surface area contributed by atoms with Crippen LogP contribution in [0.1, 0.15) is 63.1 Å². The molecule has 0 N–H and O–H groups in total. The molecule has 3 saturated heterocycles. The molecule has 0 bridgehead atoms. The van der Waals surface area contributed by atoms with Gasteiger partial charge in [-0.3, -0.25) is 4.90 Å².